The molecule has 0 aromatic heterocycles. The molecule has 0 spiro atoms. The van der Waals surface area contributed by atoms with Crippen molar-refractivity contribution in [2.75, 3.05) is 13.2 Å². The van der Waals surface area contributed by atoms with Crippen molar-refractivity contribution in [2.24, 2.45) is 5.73 Å². The third kappa shape index (κ3) is 2.19. The lowest BCUT2D eigenvalue weighted by atomic mass is 9.83. The van der Waals surface area contributed by atoms with Crippen molar-refractivity contribution < 1.29 is 13.9 Å². The van der Waals surface area contributed by atoms with Crippen LogP contribution in [-0.2, 0) is 5.41 Å². The van der Waals surface area contributed by atoms with Gasteiger partial charge < -0.3 is 10.8 Å². The van der Waals surface area contributed by atoms with Gasteiger partial charge in [-0.1, -0.05) is 13.0 Å². The summed E-state index contributed by atoms with van der Waals surface area (Å²) in [5, 5.41) is 9.17. The molecule has 0 aliphatic heterocycles. The van der Waals surface area contributed by atoms with Crippen LogP contribution >= 0.6 is 15.9 Å². The molecule has 0 amide bonds. The Morgan fingerprint density at radius 3 is 2.53 bits per heavy atom. The highest BCUT2D eigenvalue weighted by atomic mass is 79.9. The normalized spacial score (nSPS) is 15.1. The Morgan fingerprint density at radius 2 is 2.07 bits per heavy atom. The number of aliphatic hydroxyl groups excluding tert-OH is 1. The van der Waals surface area contributed by atoms with Gasteiger partial charge in [0.2, 0.25) is 0 Å². The van der Waals surface area contributed by atoms with E-state index in [1.54, 1.807) is 6.92 Å². The first-order valence-corrected chi connectivity index (χ1v) is 5.20. The Balaban J connectivity index is 3.32. The quantitative estimate of drug-likeness (QED) is 0.831. The Hall–Kier alpha value is -0.520. The van der Waals surface area contributed by atoms with Gasteiger partial charge in [0.15, 0.2) is 0 Å². The lowest BCUT2D eigenvalue weighted by Crippen LogP contribution is -2.36. The smallest absolute Gasteiger partial charge is 0.144 e. The summed E-state index contributed by atoms with van der Waals surface area (Å²) in [4.78, 5) is 0. The number of aliphatic hydroxyl groups is 1. The average Bonchev–Trinajstić information content (AvgIpc) is 2.25. The third-order valence-corrected chi connectivity index (χ3v) is 3.21. The topological polar surface area (TPSA) is 46.2 Å². The van der Waals surface area contributed by atoms with E-state index in [-0.39, 0.29) is 23.2 Å². The summed E-state index contributed by atoms with van der Waals surface area (Å²) in [7, 11) is 0. The van der Waals surface area contributed by atoms with E-state index >= 15 is 0 Å². The van der Waals surface area contributed by atoms with E-state index in [0.717, 1.165) is 6.07 Å². The molecular weight excluding hydrogens is 268 g/mol. The second kappa shape index (κ2) is 4.55. The molecule has 0 bridgehead atoms. The van der Waals surface area contributed by atoms with Gasteiger partial charge >= 0.3 is 0 Å². The highest BCUT2D eigenvalue weighted by Crippen LogP contribution is 2.30. The summed E-state index contributed by atoms with van der Waals surface area (Å²) in [6, 6.07) is 2.45. The molecule has 0 fully saturated rings. The van der Waals surface area contributed by atoms with Crippen molar-refractivity contribution in [3.05, 3.63) is 33.8 Å². The van der Waals surface area contributed by atoms with Gasteiger partial charge in [-0.25, -0.2) is 8.78 Å². The summed E-state index contributed by atoms with van der Waals surface area (Å²) in [5.74, 6) is -1.38. The zero-order valence-corrected chi connectivity index (χ0v) is 9.81. The predicted molar refractivity (Wildman–Crippen MR) is 57.6 cm³/mol. The maximum absolute atomic E-state index is 13.7. The van der Waals surface area contributed by atoms with Gasteiger partial charge in [0, 0.05) is 12.0 Å². The summed E-state index contributed by atoms with van der Waals surface area (Å²) in [5.41, 5.74) is 4.79. The van der Waals surface area contributed by atoms with Crippen LogP contribution in [0.3, 0.4) is 0 Å². The van der Waals surface area contributed by atoms with Crippen LogP contribution in [0, 0.1) is 11.6 Å². The second-order valence-corrected chi connectivity index (χ2v) is 4.44. The Bertz CT molecular complexity index is 367. The summed E-state index contributed by atoms with van der Waals surface area (Å²) < 4.78 is 26.4. The van der Waals surface area contributed by atoms with Crippen molar-refractivity contribution in [1.29, 1.82) is 0 Å². The average molecular weight is 280 g/mol. The van der Waals surface area contributed by atoms with Gasteiger partial charge in [-0.3, -0.25) is 0 Å². The van der Waals surface area contributed by atoms with Crippen LogP contribution in [0.5, 0.6) is 0 Å². The van der Waals surface area contributed by atoms with Crippen LogP contribution in [0.15, 0.2) is 16.6 Å². The molecular formula is C10H12BrF2NO. The molecule has 1 unspecified atom stereocenters. The minimum Gasteiger partial charge on any atom is -0.395 e. The number of benzene rings is 1. The fourth-order valence-electron chi connectivity index (χ4n) is 1.25. The minimum absolute atomic E-state index is 0.0818. The Kier molecular flexibility index (Phi) is 3.81. The van der Waals surface area contributed by atoms with Gasteiger partial charge in [0.1, 0.15) is 11.6 Å². The summed E-state index contributed by atoms with van der Waals surface area (Å²) in [6.07, 6.45) is 0. The molecule has 2 nitrogen and oxygen atoms in total. The summed E-state index contributed by atoms with van der Waals surface area (Å²) >= 11 is 2.81. The van der Waals surface area contributed by atoms with Crippen molar-refractivity contribution in [3.8, 4) is 0 Å². The van der Waals surface area contributed by atoms with E-state index in [1.165, 1.54) is 6.07 Å². The molecule has 84 valence electrons. The van der Waals surface area contributed by atoms with Crippen LogP contribution in [-0.4, -0.2) is 18.3 Å². The van der Waals surface area contributed by atoms with Gasteiger partial charge in [-0.05, 0) is 27.6 Å². The fourth-order valence-corrected chi connectivity index (χ4v) is 1.60. The molecule has 5 heteroatoms. The molecule has 0 saturated carbocycles. The largest absolute Gasteiger partial charge is 0.395 e. The molecule has 1 aromatic rings. The first kappa shape index (κ1) is 12.5. The highest BCUT2D eigenvalue weighted by Gasteiger charge is 2.29. The number of hydrogen-bond donors (Lipinski definition) is 2. The lowest BCUT2D eigenvalue weighted by Gasteiger charge is -2.26. The van der Waals surface area contributed by atoms with E-state index in [4.69, 9.17) is 10.8 Å². The zero-order chi connectivity index (χ0) is 11.6. The van der Waals surface area contributed by atoms with Crippen LogP contribution < -0.4 is 5.73 Å². The molecule has 3 N–H and O–H groups in total. The number of hydrogen-bond acceptors (Lipinski definition) is 2. The molecule has 1 rings (SSSR count). The van der Waals surface area contributed by atoms with Crippen molar-refractivity contribution in [1.82, 2.24) is 0 Å². The molecule has 0 aliphatic carbocycles. The Morgan fingerprint density at radius 1 is 1.47 bits per heavy atom. The van der Waals surface area contributed by atoms with Gasteiger partial charge in [-0.2, -0.15) is 0 Å². The number of rotatable bonds is 3. The van der Waals surface area contributed by atoms with Crippen LogP contribution in [0.4, 0.5) is 8.78 Å². The maximum Gasteiger partial charge on any atom is 0.144 e. The van der Waals surface area contributed by atoms with Crippen LogP contribution in [0.2, 0.25) is 0 Å². The molecule has 0 heterocycles. The van der Waals surface area contributed by atoms with Crippen LogP contribution in [0.25, 0.3) is 0 Å². The molecule has 0 radical (unpaired) electrons. The lowest BCUT2D eigenvalue weighted by molar-refractivity contribution is 0.206. The SMILES string of the molecule is CC(CN)(CO)c1ccc(F)c(Br)c1F. The van der Waals surface area contributed by atoms with E-state index in [0.29, 0.717) is 0 Å². The number of nitrogens with two attached hydrogens (primary N) is 1. The second-order valence-electron chi connectivity index (χ2n) is 3.65. The Labute approximate surface area is 95.2 Å². The first-order valence-electron chi connectivity index (χ1n) is 4.41. The summed E-state index contributed by atoms with van der Waals surface area (Å²) in [6.45, 7) is 1.41. The van der Waals surface area contributed by atoms with E-state index in [1.807, 2.05) is 0 Å². The standard InChI is InChI=1S/C10H12BrF2NO/c1-10(4-14,5-15)6-2-3-7(12)8(11)9(6)13/h2-3,15H,4-5,14H2,1H3. The molecule has 0 saturated heterocycles. The van der Waals surface area contributed by atoms with Gasteiger partial charge in [-0.15, -0.1) is 0 Å². The first-order chi connectivity index (χ1) is 6.96. The molecule has 0 aliphatic rings. The van der Waals surface area contributed by atoms with E-state index < -0.39 is 17.0 Å². The van der Waals surface area contributed by atoms with E-state index in [2.05, 4.69) is 15.9 Å². The van der Waals surface area contributed by atoms with Gasteiger partial charge in [0.05, 0.1) is 11.1 Å². The fraction of sp³-hybridized carbons (Fsp3) is 0.400. The van der Waals surface area contributed by atoms with Crippen molar-refractivity contribution in [3.63, 3.8) is 0 Å². The maximum atomic E-state index is 13.7. The molecule has 15 heavy (non-hydrogen) atoms. The monoisotopic (exact) mass is 279 g/mol. The third-order valence-electron chi connectivity index (χ3n) is 2.48. The molecule has 1 aromatic carbocycles. The highest BCUT2D eigenvalue weighted by molar-refractivity contribution is 9.10. The zero-order valence-electron chi connectivity index (χ0n) is 8.23. The number of halogens is 3. The van der Waals surface area contributed by atoms with E-state index in [9.17, 15) is 8.78 Å². The van der Waals surface area contributed by atoms with Crippen molar-refractivity contribution in [2.45, 2.75) is 12.3 Å². The van der Waals surface area contributed by atoms with Crippen molar-refractivity contribution >= 4 is 15.9 Å². The van der Waals surface area contributed by atoms with Gasteiger partial charge in [0.25, 0.3) is 0 Å². The molecule has 1 atom stereocenters. The predicted octanol–water partition coefficient (Wildman–Crippen LogP) is 1.94. The van der Waals surface area contributed by atoms with Crippen LogP contribution in [0.1, 0.15) is 12.5 Å². The minimum atomic E-state index is -0.889.